The van der Waals surface area contributed by atoms with Gasteiger partial charge < -0.3 is 15.1 Å². The van der Waals surface area contributed by atoms with Crippen molar-refractivity contribution in [1.29, 1.82) is 5.26 Å². The van der Waals surface area contributed by atoms with Crippen LogP contribution in [0, 0.1) is 18.3 Å². The summed E-state index contributed by atoms with van der Waals surface area (Å²) in [6.07, 6.45) is -4.89. The summed E-state index contributed by atoms with van der Waals surface area (Å²) in [5.41, 5.74) is 1.16. The minimum atomic E-state index is -5.06. The number of halogens is 3. The van der Waals surface area contributed by atoms with Gasteiger partial charge in [-0.2, -0.15) is 23.5 Å². The molecule has 1 N–H and O–H groups in total. The number of benzene rings is 1. The highest BCUT2D eigenvalue weighted by Crippen LogP contribution is 2.32. The number of nitrogens with zero attached hydrogens (tertiary/aromatic N) is 5. The minimum Gasteiger partial charge on any atom is -0.343 e. The standard InChI is InChI=1S/C22H23F3N6O3/c1-13-5-6-15(16(9-13)27-21(34)22(23,24)25)17-10-18-20(33)30(11-14(2)31(18)28-17)12-19(32)29(3)8-4-7-26/h5-6,9-10,14H,4,8,11-12H2,1-3H3,(H,27,34). The van der Waals surface area contributed by atoms with Crippen LogP contribution in [0.1, 0.15) is 35.4 Å². The molecule has 1 aromatic heterocycles. The SMILES string of the molecule is Cc1ccc(-c2cc3n(n2)C(C)CN(CC(=O)N(C)CCC#N)C3=O)c(NC(=O)C(F)(F)F)c1. The second-order valence-corrected chi connectivity index (χ2v) is 8.12. The average molecular weight is 476 g/mol. The van der Waals surface area contributed by atoms with E-state index >= 15 is 0 Å². The van der Waals surface area contributed by atoms with Crippen LogP contribution in [-0.2, 0) is 9.59 Å². The lowest BCUT2D eigenvalue weighted by atomic mass is 10.1. The Morgan fingerprint density at radius 1 is 1.32 bits per heavy atom. The largest absolute Gasteiger partial charge is 0.471 e. The number of rotatable bonds is 6. The van der Waals surface area contributed by atoms with Crippen LogP contribution in [-0.4, -0.2) is 70.2 Å². The van der Waals surface area contributed by atoms with Gasteiger partial charge >= 0.3 is 12.1 Å². The number of aryl methyl sites for hydroxylation is 1. The lowest BCUT2D eigenvalue weighted by Gasteiger charge is -2.32. The Balaban J connectivity index is 1.89. The first-order chi connectivity index (χ1) is 15.9. The van der Waals surface area contributed by atoms with Crippen LogP contribution in [0.4, 0.5) is 18.9 Å². The van der Waals surface area contributed by atoms with E-state index in [4.69, 9.17) is 5.26 Å². The zero-order chi connectivity index (χ0) is 25.2. The van der Waals surface area contributed by atoms with Gasteiger partial charge in [0.2, 0.25) is 5.91 Å². The second kappa shape index (κ2) is 9.54. The van der Waals surface area contributed by atoms with Crippen LogP contribution in [0.3, 0.4) is 0 Å². The van der Waals surface area contributed by atoms with Crippen molar-refractivity contribution in [1.82, 2.24) is 19.6 Å². The molecule has 0 fully saturated rings. The molecule has 3 rings (SSSR count). The average Bonchev–Trinajstić information content (AvgIpc) is 3.21. The van der Waals surface area contributed by atoms with Crippen LogP contribution < -0.4 is 5.32 Å². The van der Waals surface area contributed by atoms with E-state index in [-0.39, 0.29) is 60.6 Å². The van der Waals surface area contributed by atoms with E-state index in [9.17, 15) is 27.6 Å². The van der Waals surface area contributed by atoms with Gasteiger partial charge in [-0.15, -0.1) is 0 Å². The van der Waals surface area contributed by atoms with Crippen molar-refractivity contribution in [3.8, 4) is 17.3 Å². The highest BCUT2D eigenvalue weighted by molar-refractivity contribution is 6.00. The molecular weight excluding hydrogens is 453 g/mol. The molecule has 0 saturated heterocycles. The van der Waals surface area contributed by atoms with Crippen LogP contribution in [0.5, 0.6) is 0 Å². The molecule has 0 bridgehead atoms. The Kier molecular flexibility index (Phi) is 6.95. The maximum Gasteiger partial charge on any atom is 0.471 e. The summed E-state index contributed by atoms with van der Waals surface area (Å²) in [4.78, 5) is 39.8. The van der Waals surface area contributed by atoms with Crippen molar-refractivity contribution in [2.75, 3.05) is 32.0 Å². The summed E-state index contributed by atoms with van der Waals surface area (Å²) in [6, 6.07) is 7.66. The molecule has 0 aliphatic carbocycles. The lowest BCUT2D eigenvalue weighted by molar-refractivity contribution is -0.167. The van der Waals surface area contributed by atoms with E-state index in [1.807, 2.05) is 11.4 Å². The molecule has 1 unspecified atom stereocenters. The van der Waals surface area contributed by atoms with Crippen LogP contribution in [0.25, 0.3) is 11.3 Å². The van der Waals surface area contributed by atoms with Gasteiger partial charge in [0.25, 0.3) is 5.91 Å². The van der Waals surface area contributed by atoms with Crippen molar-refractivity contribution in [3.05, 3.63) is 35.5 Å². The van der Waals surface area contributed by atoms with E-state index in [1.54, 1.807) is 27.0 Å². The fourth-order valence-corrected chi connectivity index (χ4v) is 3.60. The van der Waals surface area contributed by atoms with Crippen LogP contribution in [0.15, 0.2) is 24.3 Å². The third-order valence-electron chi connectivity index (χ3n) is 5.41. The van der Waals surface area contributed by atoms with E-state index in [1.165, 1.54) is 32.7 Å². The molecule has 0 radical (unpaired) electrons. The molecule has 3 amide bonds. The number of hydrogen-bond acceptors (Lipinski definition) is 5. The molecule has 2 aromatic rings. The molecule has 2 heterocycles. The van der Waals surface area contributed by atoms with Gasteiger partial charge in [0.1, 0.15) is 12.2 Å². The summed E-state index contributed by atoms with van der Waals surface area (Å²) in [5.74, 6) is -2.88. The molecule has 12 heteroatoms. The molecule has 0 saturated carbocycles. The second-order valence-electron chi connectivity index (χ2n) is 8.12. The van der Waals surface area contributed by atoms with Crippen molar-refractivity contribution in [3.63, 3.8) is 0 Å². The highest BCUT2D eigenvalue weighted by atomic mass is 19.4. The number of hydrogen-bond donors (Lipinski definition) is 1. The molecule has 1 aromatic carbocycles. The van der Waals surface area contributed by atoms with Gasteiger partial charge in [-0.05, 0) is 31.5 Å². The zero-order valence-corrected chi connectivity index (χ0v) is 18.8. The summed E-state index contributed by atoms with van der Waals surface area (Å²) in [5, 5.41) is 15.0. The third-order valence-corrected chi connectivity index (χ3v) is 5.41. The molecule has 1 aliphatic heterocycles. The topological polar surface area (TPSA) is 111 Å². The maximum absolute atomic E-state index is 13.1. The van der Waals surface area contributed by atoms with E-state index in [0.29, 0.717) is 5.56 Å². The van der Waals surface area contributed by atoms with E-state index in [2.05, 4.69) is 5.10 Å². The Bertz CT molecular complexity index is 1170. The fraction of sp³-hybridized carbons (Fsp3) is 0.409. The number of carbonyl (C=O) groups excluding carboxylic acids is 3. The Morgan fingerprint density at radius 2 is 2.03 bits per heavy atom. The summed E-state index contributed by atoms with van der Waals surface area (Å²) >= 11 is 0. The van der Waals surface area contributed by atoms with Crippen molar-refractivity contribution < 1.29 is 27.6 Å². The number of alkyl halides is 3. The van der Waals surface area contributed by atoms with Crippen molar-refractivity contribution in [2.45, 2.75) is 32.5 Å². The highest BCUT2D eigenvalue weighted by Gasteiger charge is 2.39. The number of anilines is 1. The zero-order valence-electron chi connectivity index (χ0n) is 18.8. The molecular formula is C22H23F3N6O3. The molecule has 0 spiro atoms. The number of likely N-dealkylation sites (N-methyl/N-ethyl adjacent to an activating group) is 1. The minimum absolute atomic E-state index is 0.0796. The van der Waals surface area contributed by atoms with Gasteiger partial charge in [0.15, 0.2) is 0 Å². The number of aromatic nitrogens is 2. The van der Waals surface area contributed by atoms with E-state index < -0.39 is 18.0 Å². The van der Waals surface area contributed by atoms with Gasteiger partial charge in [0.05, 0.1) is 29.9 Å². The first kappa shape index (κ1) is 24.8. The first-order valence-corrected chi connectivity index (χ1v) is 10.4. The molecule has 1 atom stereocenters. The first-order valence-electron chi connectivity index (χ1n) is 10.4. The molecule has 180 valence electrons. The van der Waals surface area contributed by atoms with E-state index in [0.717, 1.165) is 0 Å². The van der Waals surface area contributed by atoms with Gasteiger partial charge in [-0.25, -0.2) is 0 Å². The smallest absolute Gasteiger partial charge is 0.343 e. The monoisotopic (exact) mass is 476 g/mol. The van der Waals surface area contributed by atoms with Gasteiger partial charge in [-0.1, -0.05) is 12.1 Å². The van der Waals surface area contributed by atoms with Crippen molar-refractivity contribution >= 4 is 23.4 Å². The Hall–Kier alpha value is -3.88. The summed E-state index contributed by atoms with van der Waals surface area (Å²) in [7, 11) is 1.55. The Morgan fingerprint density at radius 3 is 2.68 bits per heavy atom. The number of carbonyl (C=O) groups is 3. The normalized spacial score (nSPS) is 15.5. The number of nitriles is 1. The molecule has 1 aliphatic rings. The van der Waals surface area contributed by atoms with Crippen LogP contribution >= 0.6 is 0 Å². The summed E-state index contributed by atoms with van der Waals surface area (Å²) in [6.45, 7) is 3.73. The molecule has 34 heavy (non-hydrogen) atoms. The predicted octanol–water partition coefficient (Wildman–Crippen LogP) is 2.75. The molecule has 9 nitrogen and oxygen atoms in total. The predicted molar refractivity (Wildman–Crippen MR) is 116 cm³/mol. The van der Waals surface area contributed by atoms with Gasteiger partial charge in [-0.3, -0.25) is 19.1 Å². The fourth-order valence-electron chi connectivity index (χ4n) is 3.60. The number of nitrogens with one attached hydrogen (secondary N) is 1. The van der Waals surface area contributed by atoms with Crippen LogP contribution in [0.2, 0.25) is 0 Å². The number of amides is 3. The van der Waals surface area contributed by atoms with Gasteiger partial charge in [0, 0.05) is 25.7 Å². The quantitative estimate of drug-likeness (QED) is 0.689. The Labute approximate surface area is 193 Å². The lowest BCUT2D eigenvalue weighted by Crippen LogP contribution is -2.47. The maximum atomic E-state index is 13.1. The van der Waals surface area contributed by atoms with Crippen molar-refractivity contribution in [2.24, 2.45) is 0 Å². The number of fused-ring (bicyclic) bond motifs is 1. The summed E-state index contributed by atoms with van der Waals surface area (Å²) < 4.78 is 39.9. The third kappa shape index (κ3) is 5.19.